The average molecular weight is 378 g/mol. The van der Waals surface area contributed by atoms with Crippen molar-refractivity contribution in [3.8, 4) is 0 Å². The molecule has 1 fully saturated rings. The number of carboxylic acids is 1. The maximum Gasteiger partial charge on any atom is 0.411 e. The van der Waals surface area contributed by atoms with Crippen molar-refractivity contribution in [1.82, 2.24) is 4.90 Å². The molecule has 0 radical (unpaired) electrons. The quantitative estimate of drug-likeness (QED) is 0.608. The van der Waals surface area contributed by atoms with E-state index in [2.05, 4.69) is 0 Å². The number of ether oxygens (including phenoxy) is 2. The number of piperidine rings is 1. The molecule has 3 N–H and O–H groups in total. The third-order valence-corrected chi connectivity index (χ3v) is 4.40. The molecule has 1 aliphatic heterocycles. The molecule has 1 aromatic carbocycles. The van der Waals surface area contributed by atoms with Crippen LogP contribution in [0.25, 0.3) is 0 Å². The molecule has 0 bridgehead atoms. The Morgan fingerprint density at radius 2 is 1.89 bits per heavy atom. The summed E-state index contributed by atoms with van der Waals surface area (Å²) in [6.07, 6.45) is -1.87. The summed E-state index contributed by atoms with van der Waals surface area (Å²) in [5.41, 5.74) is 3.97. The van der Waals surface area contributed by atoms with E-state index in [0.717, 1.165) is 10.5 Å². The van der Waals surface area contributed by atoms with Gasteiger partial charge in [0, 0.05) is 6.54 Å². The van der Waals surface area contributed by atoms with Crippen molar-refractivity contribution in [3.05, 3.63) is 35.9 Å². The average Bonchev–Trinajstić information content (AvgIpc) is 2.59. The Labute approximate surface area is 158 Å². The number of benzene rings is 1. The second-order valence-electron chi connectivity index (χ2n) is 7.56. The van der Waals surface area contributed by atoms with E-state index in [4.69, 9.17) is 15.2 Å². The molecule has 0 aliphatic carbocycles. The van der Waals surface area contributed by atoms with E-state index in [-0.39, 0.29) is 19.6 Å². The molecule has 8 nitrogen and oxygen atoms in total. The van der Waals surface area contributed by atoms with E-state index in [1.165, 1.54) is 0 Å². The maximum absolute atomic E-state index is 12.7. The summed E-state index contributed by atoms with van der Waals surface area (Å²) in [7, 11) is 0. The zero-order valence-electron chi connectivity index (χ0n) is 15.8. The smallest absolute Gasteiger partial charge is 0.411 e. The molecule has 0 saturated carbocycles. The van der Waals surface area contributed by atoms with Crippen molar-refractivity contribution in [3.63, 3.8) is 0 Å². The molecule has 27 heavy (non-hydrogen) atoms. The Kier molecular flexibility index (Phi) is 6.10. The SMILES string of the molecule is CC(C)(C)OC(=O)[C@@]1(C(=O)O)CCCN(C(=O)OCc2ccccc2)[C@@H]1N. The summed E-state index contributed by atoms with van der Waals surface area (Å²) < 4.78 is 10.5. The van der Waals surface area contributed by atoms with Crippen molar-refractivity contribution in [2.45, 2.75) is 52.0 Å². The van der Waals surface area contributed by atoms with Gasteiger partial charge < -0.3 is 20.3 Å². The lowest BCUT2D eigenvalue weighted by molar-refractivity contribution is -0.185. The van der Waals surface area contributed by atoms with Crippen LogP contribution in [-0.2, 0) is 25.7 Å². The summed E-state index contributed by atoms with van der Waals surface area (Å²) >= 11 is 0. The van der Waals surface area contributed by atoms with Crippen molar-refractivity contribution in [2.24, 2.45) is 11.1 Å². The monoisotopic (exact) mass is 378 g/mol. The largest absolute Gasteiger partial charge is 0.480 e. The first-order chi connectivity index (χ1) is 12.6. The van der Waals surface area contributed by atoms with Gasteiger partial charge in [-0.3, -0.25) is 14.5 Å². The van der Waals surface area contributed by atoms with Crippen LogP contribution in [0.2, 0.25) is 0 Å². The van der Waals surface area contributed by atoms with E-state index < -0.39 is 35.2 Å². The highest BCUT2D eigenvalue weighted by atomic mass is 16.6. The number of carbonyl (C=O) groups is 3. The third-order valence-electron chi connectivity index (χ3n) is 4.40. The molecule has 1 amide bonds. The highest BCUT2D eigenvalue weighted by molar-refractivity contribution is 6.00. The lowest BCUT2D eigenvalue weighted by Gasteiger charge is -2.43. The zero-order chi connectivity index (χ0) is 20.2. The molecule has 0 aromatic heterocycles. The highest BCUT2D eigenvalue weighted by Crippen LogP contribution is 2.37. The van der Waals surface area contributed by atoms with Crippen molar-refractivity contribution in [1.29, 1.82) is 0 Å². The van der Waals surface area contributed by atoms with Gasteiger partial charge >= 0.3 is 18.0 Å². The van der Waals surface area contributed by atoms with Crippen LogP contribution in [0.1, 0.15) is 39.2 Å². The van der Waals surface area contributed by atoms with Gasteiger partial charge in [-0.1, -0.05) is 30.3 Å². The van der Waals surface area contributed by atoms with Gasteiger partial charge in [-0.05, 0) is 39.2 Å². The first kappa shape index (κ1) is 20.7. The van der Waals surface area contributed by atoms with Crippen LogP contribution in [0, 0.1) is 5.41 Å². The van der Waals surface area contributed by atoms with Crippen molar-refractivity contribution < 1.29 is 29.0 Å². The molecule has 1 heterocycles. The van der Waals surface area contributed by atoms with E-state index in [9.17, 15) is 19.5 Å². The Balaban J connectivity index is 2.18. The molecule has 1 aromatic rings. The molecular formula is C19H26N2O6. The summed E-state index contributed by atoms with van der Waals surface area (Å²) in [5.74, 6) is -2.36. The number of carbonyl (C=O) groups excluding carboxylic acids is 2. The summed E-state index contributed by atoms with van der Waals surface area (Å²) in [4.78, 5) is 38.2. The fourth-order valence-electron chi connectivity index (χ4n) is 3.00. The molecular weight excluding hydrogens is 352 g/mol. The van der Waals surface area contributed by atoms with Gasteiger partial charge in [-0.15, -0.1) is 0 Å². The maximum atomic E-state index is 12.7. The molecule has 0 unspecified atom stereocenters. The van der Waals surface area contributed by atoms with Crippen LogP contribution < -0.4 is 5.73 Å². The summed E-state index contributed by atoms with van der Waals surface area (Å²) in [5, 5.41) is 9.77. The Morgan fingerprint density at radius 3 is 2.44 bits per heavy atom. The molecule has 2 rings (SSSR count). The number of aliphatic carboxylic acids is 1. The van der Waals surface area contributed by atoms with Crippen LogP contribution >= 0.6 is 0 Å². The Bertz CT molecular complexity index is 700. The predicted molar refractivity (Wildman–Crippen MR) is 96.5 cm³/mol. The molecule has 1 saturated heterocycles. The number of likely N-dealkylation sites (tertiary alicyclic amines) is 1. The minimum atomic E-state index is -2.03. The van der Waals surface area contributed by atoms with E-state index in [1.54, 1.807) is 32.9 Å². The Morgan fingerprint density at radius 1 is 1.26 bits per heavy atom. The molecule has 0 spiro atoms. The minimum Gasteiger partial charge on any atom is -0.480 e. The number of hydrogen-bond acceptors (Lipinski definition) is 6. The molecule has 148 valence electrons. The van der Waals surface area contributed by atoms with Crippen LogP contribution in [0.4, 0.5) is 4.79 Å². The number of hydrogen-bond donors (Lipinski definition) is 2. The van der Waals surface area contributed by atoms with Crippen molar-refractivity contribution >= 4 is 18.0 Å². The van der Waals surface area contributed by atoms with Gasteiger partial charge in [-0.2, -0.15) is 0 Å². The second-order valence-corrected chi connectivity index (χ2v) is 7.56. The zero-order valence-corrected chi connectivity index (χ0v) is 15.8. The van der Waals surface area contributed by atoms with Crippen LogP contribution in [0.3, 0.4) is 0 Å². The number of carboxylic acid groups (broad SMARTS) is 1. The van der Waals surface area contributed by atoms with Crippen LogP contribution in [0.5, 0.6) is 0 Å². The minimum absolute atomic E-state index is 0.0130. The predicted octanol–water partition coefficient (Wildman–Crippen LogP) is 2.12. The number of nitrogens with zero attached hydrogens (tertiary/aromatic N) is 1. The van der Waals surface area contributed by atoms with Gasteiger partial charge in [-0.25, -0.2) is 4.79 Å². The van der Waals surface area contributed by atoms with Gasteiger partial charge in [0.1, 0.15) is 18.4 Å². The van der Waals surface area contributed by atoms with Gasteiger partial charge in [0.25, 0.3) is 0 Å². The van der Waals surface area contributed by atoms with E-state index in [1.807, 2.05) is 18.2 Å². The number of rotatable bonds is 4. The van der Waals surface area contributed by atoms with Crippen molar-refractivity contribution in [2.75, 3.05) is 6.54 Å². The van der Waals surface area contributed by atoms with E-state index >= 15 is 0 Å². The Hall–Kier alpha value is -2.61. The first-order valence-electron chi connectivity index (χ1n) is 8.77. The lowest BCUT2D eigenvalue weighted by Crippen LogP contribution is -2.66. The van der Waals surface area contributed by atoms with Gasteiger partial charge in [0.2, 0.25) is 0 Å². The molecule has 2 atom stereocenters. The second kappa shape index (κ2) is 7.96. The summed E-state index contributed by atoms with van der Waals surface area (Å²) in [6.45, 7) is 5.14. The standard InChI is InChI=1S/C19H26N2O6/c1-18(2,3)27-16(24)19(15(22)23)10-7-11-21(14(19)20)17(25)26-12-13-8-5-4-6-9-13/h4-6,8-9,14H,7,10-12,20H2,1-3H3,(H,22,23)/t14-,19-/m0/s1. The highest BCUT2D eigenvalue weighted by Gasteiger charge is 2.58. The number of nitrogens with two attached hydrogens (primary N) is 1. The van der Waals surface area contributed by atoms with Crippen LogP contribution in [-0.4, -0.2) is 46.3 Å². The summed E-state index contributed by atoms with van der Waals surface area (Å²) in [6, 6.07) is 9.06. The molecule has 8 heteroatoms. The van der Waals surface area contributed by atoms with E-state index in [0.29, 0.717) is 6.42 Å². The third kappa shape index (κ3) is 4.57. The first-order valence-corrected chi connectivity index (χ1v) is 8.77. The van der Waals surface area contributed by atoms with Crippen LogP contribution in [0.15, 0.2) is 30.3 Å². The van der Waals surface area contributed by atoms with Gasteiger partial charge in [0.05, 0.1) is 0 Å². The number of amides is 1. The fraction of sp³-hybridized carbons (Fsp3) is 0.526. The van der Waals surface area contributed by atoms with Gasteiger partial charge in [0.15, 0.2) is 5.41 Å². The molecule has 1 aliphatic rings. The number of esters is 1. The topological polar surface area (TPSA) is 119 Å². The fourth-order valence-corrected chi connectivity index (χ4v) is 3.00. The normalized spacial score (nSPS) is 22.8. The lowest BCUT2D eigenvalue weighted by atomic mass is 9.76.